The number of likely N-dealkylation sites (tertiary alicyclic amines) is 1. The molecular weight excluding hydrogens is 387 g/mol. The minimum atomic E-state index is -1.33. The van der Waals surface area contributed by atoms with Crippen molar-refractivity contribution in [1.29, 1.82) is 0 Å². The summed E-state index contributed by atoms with van der Waals surface area (Å²) in [6.45, 7) is 0.212. The third kappa shape index (κ3) is 4.36. The highest BCUT2D eigenvalue weighted by Gasteiger charge is 2.41. The fourth-order valence-electron chi connectivity index (χ4n) is 3.57. The zero-order chi connectivity index (χ0) is 21.1. The number of amides is 1. The van der Waals surface area contributed by atoms with E-state index in [4.69, 9.17) is 9.47 Å². The molecule has 2 atom stereocenters. The molecule has 0 aromatic heterocycles. The first kappa shape index (κ1) is 20.7. The molecule has 0 bridgehead atoms. The van der Waals surface area contributed by atoms with Crippen LogP contribution in [0.2, 0.25) is 0 Å². The minimum absolute atomic E-state index is 0.0271. The molecule has 0 aliphatic carbocycles. The van der Waals surface area contributed by atoms with Gasteiger partial charge >= 0.3 is 5.97 Å². The normalized spacial score (nSPS) is 19.2. The number of nitrogens with zero attached hydrogens (tertiary/aromatic N) is 1. The van der Waals surface area contributed by atoms with Crippen LogP contribution in [0, 0.1) is 23.4 Å². The van der Waals surface area contributed by atoms with E-state index in [1.54, 1.807) is 31.4 Å². The molecule has 1 aliphatic rings. The highest BCUT2D eigenvalue weighted by molar-refractivity contribution is 5.83. The van der Waals surface area contributed by atoms with Crippen LogP contribution in [-0.2, 0) is 20.9 Å². The number of hydrogen-bond acceptors (Lipinski definition) is 4. The predicted molar refractivity (Wildman–Crippen MR) is 97.6 cm³/mol. The standard InChI is InChI=1S/C21H20F3NO4/c1-28-13-5-3-12(4-6-13)10-25-11-16(21(27)29-2)14(8-20(25)26)15-7-18(23)19(24)9-17(15)22/h3-7,9,14,16H,8,10-11H2,1-2H3/t14-,16+/m1/s1. The number of methoxy groups -OCH3 is 2. The van der Waals surface area contributed by atoms with Crippen molar-refractivity contribution in [2.24, 2.45) is 5.92 Å². The lowest BCUT2D eigenvalue weighted by atomic mass is 9.79. The van der Waals surface area contributed by atoms with Gasteiger partial charge in [-0.2, -0.15) is 0 Å². The molecule has 2 aromatic rings. The Labute approximate surface area is 166 Å². The van der Waals surface area contributed by atoms with Crippen molar-refractivity contribution < 1.29 is 32.2 Å². The molecular formula is C21H20F3NO4. The zero-order valence-corrected chi connectivity index (χ0v) is 16.0. The summed E-state index contributed by atoms with van der Waals surface area (Å²) in [6.07, 6.45) is -0.224. The maximum Gasteiger partial charge on any atom is 0.311 e. The van der Waals surface area contributed by atoms with E-state index in [1.165, 1.54) is 12.0 Å². The molecule has 3 rings (SSSR count). The van der Waals surface area contributed by atoms with E-state index in [0.29, 0.717) is 17.9 Å². The van der Waals surface area contributed by atoms with E-state index in [9.17, 15) is 22.8 Å². The van der Waals surface area contributed by atoms with Gasteiger partial charge in [-0.25, -0.2) is 13.2 Å². The molecule has 1 amide bonds. The summed E-state index contributed by atoms with van der Waals surface area (Å²) in [5.74, 6) is -5.73. The molecule has 0 saturated carbocycles. The van der Waals surface area contributed by atoms with Gasteiger partial charge in [0.1, 0.15) is 11.6 Å². The van der Waals surface area contributed by atoms with E-state index in [2.05, 4.69) is 0 Å². The predicted octanol–water partition coefficient (Wildman–Crippen LogP) is 3.42. The van der Waals surface area contributed by atoms with Crippen molar-refractivity contribution in [2.75, 3.05) is 20.8 Å². The number of rotatable bonds is 5. The quantitative estimate of drug-likeness (QED) is 0.563. The van der Waals surface area contributed by atoms with Crippen molar-refractivity contribution >= 4 is 11.9 Å². The second-order valence-corrected chi connectivity index (χ2v) is 6.85. The van der Waals surface area contributed by atoms with Crippen molar-refractivity contribution in [3.63, 3.8) is 0 Å². The monoisotopic (exact) mass is 407 g/mol. The first-order chi connectivity index (χ1) is 13.8. The molecule has 154 valence electrons. The van der Waals surface area contributed by atoms with Gasteiger partial charge in [0, 0.05) is 31.5 Å². The van der Waals surface area contributed by atoms with E-state index < -0.39 is 35.3 Å². The molecule has 5 nitrogen and oxygen atoms in total. The second kappa shape index (κ2) is 8.55. The van der Waals surface area contributed by atoms with Gasteiger partial charge in [-0.3, -0.25) is 9.59 Å². The Morgan fingerprint density at radius 1 is 1.07 bits per heavy atom. The Morgan fingerprint density at radius 2 is 1.72 bits per heavy atom. The lowest BCUT2D eigenvalue weighted by molar-refractivity contribution is -0.152. The maximum atomic E-state index is 14.3. The van der Waals surface area contributed by atoms with E-state index >= 15 is 0 Å². The van der Waals surface area contributed by atoms with Gasteiger partial charge in [0.25, 0.3) is 0 Å². The maximum absolute atomic E-state index is 14.3. The number of piperidine rings is 1. The van der Waals surface area contributed by atoms with Crippen LogP contribution in [0.4, 0.5) is 13.2 Å². The summed E-state index contributed by atoms with van der Waals surface area (Å²) < 4.78 is 51.2. The Bertz CT molecular complexity index is 917. The largest absolute Gasteiger partial charge is 0.497 e. The molecule has 8 heteroatoms. The second-order valence-electron chi connectivity index (χ2n) is 6.85. The Hall–Kier alpha value is -3.03. The summed E-state index contributed by atoms with van der Waals surface area (Å²) >= 11 is 0. The van der Waals surface area contributed by atoms with Crippen molar-refractivity contribution in [3.05, 3.63) is 65.0 Å². The van der Waals surface area contributed by atoms with Crippen LogP contribution < -0.4 is 4.74 Å². The third-order valence-corrected chi connectivity index (χ3v) is 5.13. The molecule has 1 heterocycles. The highest BCUT2D eigenvalue weighted by atomic mass is 19.2. The molecule has 2 aromatic carbocycles. The first-order valence-electron chi connectivity index (χ1n) is 8.97. The van der Waals surface area contributed by atoms with Crippen molar-refractivity contribution in [2.45, 2.75) is 18.9 Å². The first-order valence-corrected chi connectivity index (χ1v) is 8.97. The number of carbonyl (C=O) groups is 2. The van der Waals surface area contributed by atoms with E-state index in [1.807, 2.05) is 0 Å². The highest BCUT2D eigenvalue weighted by Crippen LogP contribution is 2.37. The van der Waals surface area contributed by atoms with Gasteiger partial charge in [-0.05, 0) is 29.3 Å². The van der Waals surface area contributed by atoms with Crippen LogP contribution in [0.1, 0.15) is 23.5 Å². The van der Waals surface area contributed by atoms with E-state index in [-0.39, 0.29) is 31.0 Å². The summed E-state index contributed by atoms with van der Waals surface area (Å²) in [6, 6.07) is 8.22. The average molecular weight is 407 g/mol. The zero-order valence-electron chi connectivity index (χ0n) is 16.0. The van der Waals surface area contributed by atoms with Gasteiger partial charge in [-0.15, -0.1) is 0 Å². The third-order valence-electron chi connectivity index (χ3n) is 5.13. The van der Waals surface area contributed by atoms with Crippen LogP contribution in [0.5, 0.6) is 5.75 Å². The number of benzene rings is 2. The van der Waals surface area contributed by atoms with Crippen molar-refractivity contribution in [1.82, 2.24) is 4.90 Å². The summed E-state index contributed by atoms with van der Waals surface area (Å²) in [5.41, 5.74) is 0.608. The van der Waals surface area contributed by atoms with Gasteiger partial charge in [-0.1, -0.05) is 12.1 Å². The topological polar surface area (TPSA) is 55.8 Å². The summed E-state index contributed by atoms with van der Waals surface area (Å²) in [5, 5.41) is 0. The fourth-order valence-corrected chi connectivity index (χ4v) is 3.57. The minimum Gasteiger partial charge on any atom is -0.497 e. The Kier molecular flexibility index (Phi) is 6.10. The van der Waals surface area contributed by atoms with Gasteiger partial charge < -0.3 is 14.4 Å². The van der Waals surface area contributed by atoms with Gasteiger partial charge in [0.15, 0.2) is 11.6 Å². The van der Waals surface area contributed by atoms with Crippen LogP contribution in [0.25, 0.3) is 0 Å². The molecule has 0 radical (unpaired) electrons. The molecule has 0 unspecified atom stereocenters. The number of hydrogen-bond donors (Lipinski definition) is 0. The van der Waals surface area contributed by atoms with Gasteiger partial charge in [0.05, 0.1) is 20.1 Å². The number of ether oxygens (including phenoxy) is 2. The Morgan fingerprint density at radius 3 is 2.34 bits per heavy atom. The van der Waals surface area contributed by atoms with Gasteiger partial charge in [0.2, 0.25) is 5.91 Å². The van der Waals surface area contributed by atoms with Crippen LogP contribution in [0.15, 0.2) is 36.4 Å². The van der Waals surface area contributed by atoms with Crippen LogP contribution >= 0.6 is 0 Å². The molecule has 1 fully saturated rings. The van der Waals surface area contributed by atoms with E-state index in [0.717, 1.165) is 5.56 Å². The SMILES string of the molecule is COC(=O)[C@H]1CN(Cc2ccc(OC)cc2)C(=O)C[C@@H]1c1cc(F)c(F)cc1F. The smallest absolute Gasteiger partial charge is 0.311 e. The fraction of sp³-hybridized carbons (Fsp3) is 0.333. The Balaban J connectivity index is 1.87. The molecule has 29 heavy (non-hydrogen) atoms. The van der Waals surface area contributed by atoms with Crippen LogP contribution in [-0.4, -0.2) is 37.5 Å². The molecule has 0 N–H and O–H groups in total. The average Bonchev–Trinajstić information content (AvgIpc) is 2.72. The van der Waals surface area contributed by atoms with Crippen molar-refractivity contribution in [3.8, 4) is 5.75 Å². The number of carbonyl (C=O) groups excluding carboxylic acids is 2. The van der Waals surface area contributed by atoms with Crippen LogP contribution in [0.3, 0.4) is 0 Å². The molecule has 1 saturated heterocycles. The lowest BCUT2D eigenvalue weighted by Crippen LogP contribution is -2.46. The molecule has 1 aliphatic heterocycles. The number of halogens is 3. The summed E-state index contributed by atoms with van der Waals surface area (Å²) in [7, 11) is 2.73. The lowest BCUT2D eigenvalue weighted by Gasteiger charge is -2.37. The summed E-state index contributed by atoms with van der Waals surface area (Å²) in [4.78, 5) is 26.5. The molecule has 0 spiro atoms. The number of esters is 1.